The number of Topliss-reactive ketones (excluding diaryl/α,β-unsaturated/α-hetero) is 1. The molecule has 0 saturated carbocycles. The highest BCUT2D eigenvalue weighted by Crippen LogP contribution is 2.49. The Hall–Kier alpha value is -4.74. The molecule has 0 aliphatic carbocycles. The molecule has 2 aliphatic rings. The highest BCUT2D eigenvalue weighted by Gasteiger charge is 2.63. The molecule has 2 fully saturated rings. The normalized spacial score (nSPS) is 18.7. The Kier molecular flexibility index (Phi) is 12.7. The number of amides is 1. The summed E-state index contributed by atoms with van der Waals surface area (Å²) in [5, 5.41) is 0. The number of carbonyl (C=O) groups excluding carboxylic acids is 2. The Morgan fingerprint density at radius 2 is 1.29 bits per heavy atom. The van der Waals surface area contributed by atoms with E-state index in [2.05, 4.69) is 12.1 Å². The van der Waals surface area contributed by atoms with Crippen molar-refractivity contribution in [2.45, 2.75) is 69.4 Å². The molecule has 3 aromatic carbocycles. The van der Waals surface area contributed by atoms with Crippen LogP contribution in [0, 0.1) is 5.92 Å². The summed E-state index contributed by atoms with van der Waals surface area (Å²) in [6.07, 6.45) is 1.98. The molecule has 0 radical (unpaired) electrons. The molecule has 10 nitrogen and oxygen atoms in total. The van der Waals surface area contributed by atoms with E-state index < -0.39 is 23.7 Å². The predicted octanol–water partition coefficient (Wildman–Crippen LogP) is 6.78. The predicted molar refractivity (Wildman–Crippen MR) is 194 cm³/mol. The standard InChI is InChI=1S/C40H50F2N2O8/c1-47-31-20-28(21-32(48-2)35(31)51-5)17-11-16-27(15-10-14-26-12-8-7-9-13-26)24-43-25-29-18-19-40(39(43)46,37(45)38(41)42)44(29)30-22-33(49-3)36(52-6)34(23-30)50-4/h7-9,12-13,20-23,27,29,38H,10-11,14-19,24-25H2,1-6H3/t27?,29-,40+/m1/s1. The van der Waals surface area contributed by atoms with Crippen molar-refractivity contribution in [3.63, 3.8) is 0 Å². The average molecular weight is 725 g/mol. The Morgan fingerprint density at radius 1 is 0.769 bits per heavy atom. The van der Waals surface area contributed by atoms with Gasteiger partial charge in [-0.1, -0.05) is 30.3 Å². The van der Waals surface area contributed by atoms with Crippen molar-refractivity contribution in [1.29, 1.82) is 0 Å². The molecule has 282 valence electrons. The van der Waals surface area contributed by atoms with Crippen molar-refractivity contribution in [3.05, 3.63) is 65.7 Å². The zero-order chi connectivity index (χ0) is 37.4. The van der Waals surface area contributed by atoms with Gasteiger partial charge < -0.3 is 38.2 Å². The molecule has 5 rings (SSSR count). The van der Waals surface area contributed by atoms with Gasteiger partial charge >= 0.3 is 0 Å². The number of halogens is 2. The van der Waals surface area contributed by atoms with Crippen LogP contribution in [-0.4, -0.2) is 90.3 Å². The van der Waals surface area contributed by atoms with Gasteiger partial charge in [0.15, 0.2) is 28.5 Å². The van der Waals surface area contributed by atoms with Gasteiger partial charge in [-0.15, -0.1) is 0 Å². The van der Waals surface area contributed by atoms with Gasteiger partial charge in [-0.25, -0.2) is 8.78 Å². The summed E-state index contributed by atoms with van der Waals surface area (Å²) < 4.78 is 62.1. The van der Waals surface area contributed by atoms with Crippen LogP contribution in [0.5, 0.6) is 34.5 Å². The number of ketones is 1. The molecule has 2 saturated heterocycles. The fourth-order valence-electron chi connectivity index (χ4n) is 7.99. The van der Waals surface area contributed by atoms with Crippen molar-refractivity contribution < 1.29 is 46.8 Å². The van der Waals surface area contributed by atoms with Crippen molar-refractivity contribution in [1.82, 2.24) is 4.90 Å². The van der Waals surface area contributed by atoms with Crippen LogP contribution in [0.25, 0.3) is 0 Å². The number of ether oxygens (including phenoxy) is 6. The van der Waals surface area contributed by atoms with E-state index in [1.54, 1.807) is 43.3 Å². The third-order valence-electron chi connectivity index (χ3n) is 10.4. The first-order valence-corrected chi connectivity index (χ1v) is 17.7. The molecule has 3 aromatic rings. The Balaban J connectivity index is 1.41. The zero-order valence-electron chi connectivity index (χ0n) is 30.9. The molecule has 52 heavy (non-hydrogen) atoms. The summed E-state index contributed by atoms with van der Waals surface area (Å²) in [6.45, 7) is 0.663. The van der Waals surface area contributed by atoms with Crippen LogP contribution in [0.2, 0.25) is 0 Å². The van der Waals surface area contributed by atoms with E-state index in [0.717, 1.165) is 44.1 Å². The number of rotatable bonds is 19. The third kappa shape index (κ3) is 7.71. The van der Waals surface area contributed by atoms with Gasteiger partial charge in [0, 0.05) is 37.0 Å². The topological polar surface area (TPSA) is 96.0 Å². The largest absolute Gasteiger partial charge is 0.493 e. The third-order valence-corrected chi connectivity index (χ3v) is 10.4. The molecule has 12 heteroatoms. The van der Waals surface area contributed by atoms with Crippen molar-refractivity contribution in [2.75, 3.05) is 60.6 Å². The van der Waals surface area contributed by atoms with E-state index in [9.17, 15) is 18.4 Å². The van der Waals surface area contributed by atoms with Crippen molar-refractivity contribution in [3.8, 4) is 34.5 Å². The average Bonchev–Trinajstić information content (AvgIpc) is 3.48. The number of hydrogen-bond acceptors (Lipinski definition) is 9. The van der Waals surface area contributed by atoms with E-state index in [-0.39, 0.29) is 18.4 Å². The van der Waals surface area contributed by atoms with Crippen LogP contribution in [0.4, 0.5) is 14.5 Å². The van der Waals surface area contributed by atoms with Crippen LogP contribution >= 0.6 is 0 Å². The minimum atomic E-state index is -3.33. The highest BCUT2D eigenvalue weighted by molar-refractivity contribution is 6.16. The number of likely N-dealkylation sites (tertiary alicyclic amines) is 1. The van der Waals surface area contributed by atoms with Crippen LogP contribution < -0.4 is 33.3 Å². The van der Waals surface area contributed by atoms with E-state index in [4.69, 9.17) is 28.4 Å². The summed E-state index contributed by atoms with van der Waals surface area (Å²) in [7, 11) is 9.12. The zero-order valence-corrected chi connectivity index (χ0v) is 30.9. The number of anilines is 1. The maximum atomic E-state index is 14.6. The number of fused-ring (bicyclic) bond motifs is 2. The fourth-order valence-corrected chi connectivity index (χ4v) is 7.99. The summed E-state index contributed by atoms with van der Waals surface area (Å²) >= 11 is 0. The number of aryl methyl sites for hydroxylation is 2. The minimum Gasteiger partial charge on any atom is -0.493 e. The first kappa shape index (κ1) is 38.5. The molecular weight excluding hydrogens is 674 g/mol. The van der Waals surface area contributed by atoms with Gasteiger partial charge in [0.2, 0.25) is 17.3 Å². The number of hydrogen-bond donors (Lipinski definition) is 0. The smallest absolute Gasteiger partial charge is 0.298 e. The molecule has 3 atom stereocenters. The van der Waals surface area contributed by atoms with Crippen LogP contribution in [0.15, 0.2) is 54.6 Å². The van der Waals surface area contributed by atoms with E-state index in [1.165, 1.54) is 26.9 Å². The van der Waals surface area contributed by atoms with Crippen molar-refractivity contribution >= 4 is 17.4 Å². The number of alkyl halides is 2. The molecule has 0 N–H and O–H groups in total. The lowest BCUT2D eigenvalue weighted by molar-refractivity contribution is -0.150. The minimum absolute atomic E-state index is 0.00730. The molecule has 2 aliphatic heterocycles. The molecule has 1 unspecified atom stereocenters. The van der Waals surface area contributed by atoms with E-state index in [1.807, 2.05) is 30.3 Å². The maximum Gasteiger partial charge on any atom is 0.298 e. The van der Waals surface area contributed by atoms with Crippen molar-refractivity contribution in [2.24, 2.45) is 5.92 Å². The van der Waals surface area contributed by atoms with E-state index in [0.29, 0.717) is 59.7 Å². The van der Waals surface area contributed by atoms with Crippen LogP contribution in [0.1, 0.15) is 49.7 Å². The van der Waals surface area contributed by atoms with E-state index >= 15 is 0 Å². The molecule has 2 heterocycles. The lowest BCUT2D eigenvalue weighted by atomic mass is 9.86. The SMILES string of the molecule is COc1cc(CCCC(CCCc2ccccc2)CN2C[C@H]3CC[C@](C(=O)C(F)F)(C2=O)N3c2cc(OC)c(OC)c(OC)c2)cc(OC)c1OC. The Morgan fingerprint density at radius 3 is 1.79 bits per heavy atom. The molecule has 1 amide bonds. The summed E-state index contributed by atoms with van der Waals surface area (Å²) in [6, 6.07) is 17.0. The fraction of sp³-hybridized carbons (Fsp3) is 0.500. The number of nitrogens with zero attached hydrogens (tertiary/aromatic N) is 2. The second-order valence-electron chi connectivity index (χ2n) is 13.4. The second kappa shape index (κ2) is 17.2. The van der Waals surface area contributed by atoms with Gasteiger partial charge in [-0.3, -0.25) is 9.59 Å². The number of methoxy groups -OCH3 is 6. The quantitative estimate of drug-likeness (QED) is 0.124. The monoisotopic (exact) mass is 724 g/mol. The first-order valence-electron chi connectivity index (χ1n) is 17.7. The maximum absolute atomic E-state index is 14.6. The molecular formula is C40H50F2N2O8. The Labute approximate surface area is 304 Å². The number of benzene rings is 3. The molecule has 0 aromatic heterocycles. The van der Waals surface area contributed by atoms with Crippen LogP contribution in [-0.2, 0) is 22.4 Å². The molecule has 2 bridgehead atoms. The second-order valence-corrected chi connectivity index (χ2v) is 13.4. The van der Waals surface area contributed by atoms with Gasteiger partial charge in [-0.2, -0.15) is 0 Å². The van der Waals surface area contributed by atoms with Gasteiger partial charge in [0.05, 0.1) is 42.7 Å². The lowest BCUT2D eigenvalue weighted by Gasteiger charge is -2.49. The Bertz CT molecular complexity index is 1640. The summed E-state index contributed by atoms with van der Waals surface area (Å²) in [5.41, 5.74) is 0.594. The summed E-state index contributed by atoms with van der Waals surface area (Å²) in [4.78, 5) is 31.4. The number of carbonyl (C=O) groups is 2. The molecule has 0 spiro atoms. The summed E-state index contributed by atoms with van der Waals surface area (Å²) in [5.74, 6) is 0.712. The van der Waals surface area contributed by atoms with Crippen LogP contribution in [0.3, 0.4) is 0 Å². The van der Waals surface area contributed by atoms with Gasteiger partial charge in [0.25, 0.3) is 12.3 Å². The van der Waals surface area contributed by atoms with Gasteiger partial charge in [-0.05, 0) is 80.5 Å². The first-order chi connectivity index (χ1) is 25.1. The highest BCUT2D eigenvalue weighted by atomic mass is 19.3. The van der Waals surface area contributed by atoms with Gasteiger partial charge in [0.1, 0.15) is 0 Å². The number of piperazine rings is 1. The lowest BCUT2D eigenvalue weighted by Crippen LogP contribution is -2.70.